The number of likely N-dealkylation sites (tertiary alicyclic amines) is 1. The van der Waals surface area contributed by atoms with Gasteiger partial charge in [-0.05, 0) is 30.0 Å². The maximum absolute atomic E-state index is 15.3. The number of ether oxygens (including phenoxy) is 2. The molecule has 0 saturated carbocycles. The molecule has 4 N–H and O–H groups in total. The first kappa shape index (κ1) is 22.1. The monoisotopic (exact) mass is 470 g/mol. The number of carbonyl (C=O) groups is 1. The molecule has 1 amide bonds. The molecule has 11 heteroatoms. The smallest absolute Gasteiger partial charge is 0.413 e. The van der Waals surface area contributed by atoms with Gasteiger partial charge in [0.2, 0.25) is 5.88 Å². The summed E-state index contributed by atoms with van der Waals surface area (Å²) in [7, 11) is 0. The van der Waals surface area contributed by atoms with Crippen molar-refractivity contribution < 1.29 is 23.0 Å². The lowest BCUT2D eigenvalue weighted by atomic mass is 9.97. The van der Waals surface area contributed by atoms with Crippen molar-refractivity contribution in [3.63, 3.8) is 0 Å². The Morgan fingerprint density at radius 1 is 1.32 bits per heavy atom. The summed E-state index contributed by atoms with van der Waals surface area (Å²) in [4.78, 5) is 22.6. The number of pyridine rings is 2. The molecule has 1 fully saturated rings. The topological polar surface area (TPSA) is 115 Å². The molecule has 0 atom stereocenters. The van der Waals surface area contributed by atoms with Crippen LogP contribution in [0.2, 0.25) is 0 Å². The normalized spacial score (nSPS) is 15.7. The molecule has 4 heterocycles. The van der Waals surface area contributed by atoms with Crippen LogP contribution < -0.4 is 21.1 Å². The minimum atomic E-state index is -0.659. The van der Waals surface area contributed by atoms with Gasteiger partial charge in [0.05, 0.1) is 5.69 Å². The maximum atomic E-state index is 15.3. The van der Waals surface area contributed by atoms with Gasteiger partial charge < -0.3 is 20.5 Å². The van der Waals surface area contributed by atoms with Gasteiger partial charge in [-0.1, -0.05) is 0 Å². The Labute approximate surface area is 194 Å². The number of alkyl halides is 1. The average Bonchev–Trinajstić information content (AvgIpc) is 2.81. The number of amides is 1. The first-order chi connectivity index (χ1) is 16.4. The van der Waals surface area contributed by atoms with Crippen molar-refractivity contribution in [2.45, 2.75) is 13.0 Å². The van der Waals surface area contributed by atoms with E-state index in [1.165, 1.54) is 6.20 Å². The standard InChI is InChI=1S/C23H24F2N6O3/c1-12-16(8-29-22-21(12)27-3-5-33-22)15-6-13-7-18(28-9-17(13)20(26)19(15)25)30-23(32)34-14-10-31(11-14)4-2-24/h6-9,14,27H,2-5,10-11,26H2,1H3,(H,28,30,32). The van der Waals surface area contributed by atoms with Crippen LogP contribution in [0.3, 0.4) is 0 Å². The van der Waals surface area contributed by atoms with Gasteiger partial charge in [0.1, 0.15) is 30.9 Å². The quantitative estimate of drug-likeness (QED) is 0.487. The number of carbonyl (C=O) groups excluding carboxylic acids is 1. The zero-order chi connectivity index (χ0) is 23.8. The Kier molecular flexibility index (Phi) is 5.78. The van der Waals surface area contributed by atoms with Crippen molar-refractivity contribution in [3.8, 4) is 17.0 Å². The van der Waals surface area contributed by atoms with E-state index in [2.05, 4.69) is 20.6 Å². The highest BCUT2D eigenvalue weighted by Crippen LogP contribution is 2.39. The number of aromatic nitrogens is 2. The van der Waals surface area contributed by atoms with Crippen LogP contribution in [0.15, 0.2) is 24.5 Å². The lowest BCUT2D eigenvalue weighted by molar-refractivity contribution is -0.00973. The molecule has 5 rings (SSSR count). The molecule has 0 bridgehead atoms. The predicted octanol–water partition coefficient (Wildman–Crippen LogP) is 3.33. The minimum absolute atomic E-state index is 0.0436. The Morgan fingerprint density at radius 2 is 2.15 bits per heavy atom. The molecule has 3 aromatic rings. The van der Waals surface area contributed by atoms with Crippen LogP contribution in [-0.4, -0.2) is 66.5 Å². The van der Waals surface area contributed by atoms with Gasteiger partial charge in [0.15, 0.2) is 5.82 Å². The molecule has 1 saturated heterocycles. The maximum Gasteiger partial charge on any atom is 0.413 e. The third kappa shape index (κ3) is 4.03. The van der Waals surface area contributed by atoms with Crippen molar-refractivity contribution in [2.24, 2.45) is 0 Å². The Hall–Kier alpha value is -3.73. The predicted molar refractivity (Wildman–Crippen MR) is 124 cm³/mol. The van der Waals surface area contributed by atoms with Gasteiger partial charge in [-0.25, -0.2) is 23.5 Å². The Morgan fingerprint density at radius 3 is 2.94 bits per heavy atom. The molecular weight excluding hydrogens is 446 g/mol. The SMILES string of the molecule is Cc1c(-c2cc3cc(NC(=O)OC4CN(CCF)C4)ncc3c(N)c2F)cnc2c1NCCO2. The summed E-state index contributed by atoms with van der Waals surface area (Å²) in [5, 5.41) is 6.85. The molecule has 2 aromatic heterocycles. The molecule has 1 aromatic carbocycles. The van der Waals surface area contributed by atoms with Crippen molar-refractivity contribution in [2.75, 3.05) is 55.8 Å². The van der Waals surface area contributed by atoms with E-state index in [0.717, 1.165) is 11.3 Å². The molecular formula is C23H24F2N6O3. The van der Waals surface area contributed by atoms with Crippen LogP contribution in [0.25, 0.3) is 21.9 Å². The van der Waals surface area contributed by atoms with Gasteiger partial charge >= 0.3 is 6.09 Å². The van der Waals surface area contributed by atoms with E-state index in [4.69, 9.17) is 15.2 Å². The lowest BCUT2D eigenvalue weighted by Gasteiger charge is -2.37. The second kappa shape index (κ2) is 8.90. The van der Waals surface area contributed by atoms with E-state index < -0.39 is 18.6 Å². The van der Waals surface area contributed by atoms with Crippen LogP contribution in [0, 0.1) is 12.7 Å². The van der Waals surface area contributed by atoms with Gasteiger partial charge in [-0.2, -0.15) is 0 Å². The molecule has 9 nitrogen and oxygen atoms in total. The largest absolute Gasteiger partial charge is 0.474 e. The van der Waals surface area contributed by atoms with E-state index >= 15 is 4.39 Å². The Balaban J connectivity index is 1.41. The number of nitrogens with zero attached hydrogens (tertiary/aromatic N) is 3. The van der Waals surface area contributed by atoms with Crippen LogP contribution >= 0.6 is 0 Å². The second-order valence-electron chi connectivity index (χ2n) is 8.30. The van der Waals surface area contributed by atoms with Crippen molar-refractivity contribution in [1.82, 2.24) is 14.9 Å². The van der Waals surface area contributed by atoms with Crippen molar-refractivity contribution in [3.05, 3.63) is 35.9 Å². The van der Waals surface area contributed by atoms with Gasteiger partial charge in [-0.3, -0.25) is 10.2 Å². The number of hydrogen-bond donors (Lipinski definition) is 3. The fraction of sp³-hybridized carbons (Fsp3) is 0.348. The number of anilines is 3. The van der Waals surface area contributed by atoms with E-state index in [9.17, 15) is 9.18 Å². The van der Waals surface area contributed by atoms with Crippen molar-refractivity contribution >= 4 is 34.1 Å². The van der Waals surface area contributed by atoms with Gasteiger partial charge in [0.25, 0.3) is 0 Å². The molecule has 0 unspecified atom stereocenters. The van der Waals surface area contributed by atoms with Gasteiger partial charge in [-0.15, -0.1) is 0 Å². The number of nitrogens with one attached hydrogen (secondary N) is 2. The highest BCUT2D eigenvalue weighted by atomic mass is 19.1. The van der Waals surface area contributed by atoms with Crippen LogP contribution in [0.4, 0.5) is 30.8 Å². The first-order valence-corrected chi connectivity index (χ1v) is 10.9. The fourth-order valence-electron chi connectivity index (χ4n) is 4.24. The zero-order valence-electron chi connectivity index (χ0n) is 18.5. The summed E-state index contributed by atoms with van der Waals surface area (Å²) in [5.74, 6) is 0.152. The number of nitrogens with two attached hydrogens (primary N) is 1. The highest BCUT2D eigenvalue weighted by Gasteiger charge is 2.29. The third-order valence-corrected chi connectivity index (χ3v) is 6.06. The molecule has 0 aliphatic carbocycles. The summed E-state index contributed by atoms with van der Waals surface area (Å²) in [6, 6.07) is 3.26. The number of fused-ring (bicyclic) bond motifs is 2. The molecule has 34 heavy (non-hydrogen) atoms. The Bertz CT molecular complexity index is 1270. The van der Waals surface area contributed by atoms with E-state index in [-0.39, 0.29) is 23.2 Å². The molecule has 178 valence electrons. The molecule has 2 aliphatic heterocycles. The number of nitrogen functional groups attached to an aromatic ring is 1. The molecule has 2 aliphatic rings. The van der Waals surface area contributed by atoms with E-state index in [1.54, 1.807) is 18.3 Å². The van der Waals surface area contributed by atoms with Crippen LogP contribution in [-0.2, 0) is 4.74 Å². The van der Waals surface area contributed by atoms with Gasteiger partial charge in [0, 0.05) is 55.1 Å². The second-order valence-corrected chi connectivity index (χ2v) is 8.30. The molecule has 0 spiro atoms. The summed E-state index contributed by atoms with van der Waals surface area (Å²) in [6.07, 6.45) is 2.02. The first-order valence-electron chi connectivity index (χ1n) is 10.9. The highest BCUT2D eigenvalue weighted by molar-refractivity contribution is 5.99. The summed E-state index contributed by atoms with van der Waals surface area (Å²) in [5.41, 5.74) is 8.44. The summed E-state index contributed by atoms with van der Waals surface area (Å²) < 4.78 is 38.5. The fourth-order valence-corrected chi connectivity index (χ4v) is 4.24. The summed E-state index contributed by atoms with van der Waals surface area (Å²) in [6.45, 7) is 3.89. The number of halogens is 2. The summed E-state index contributed by atoms with van der Waals surface area (Å²) >= 11 is 0. The van der Waals surface area contributed by atoms with E-state index in [1.807, 2.05) is 11.8 Å². The number of benzene rings is 1. The lowest BCUT2D eigenvalue weighted by Crippen LogP contribution is -2.53. The molecule has 0 radical (unpaired) electrons. The van der Waals surface area contributed by atoms with E-state index in [0.29, 0.717) is 55.0 Å². The average molecular weight is 470 g/mol. The van der Waals surface area contributed by atoms with Crippen molar-refractivity contribution in [1.29, 1.82) is 0 Å². The zero-order valence-corrected chi connectivity index (χ0v) is 18.5. The number of hydrogen-bond acceptors (Lipinski definition) is 8. The number of rotatable bonds is 5. The van der Waals surface area contributed by atoms with Crippen LogP contribution in [0.5, 0.6) is 5.88 Å². The van der Waals surface area contributed by atoms with Crippen LogP contribution in [0.1, 0.15) is 5.56 Å². The third-order valence-electron chi connectivity index (χ3n) is 6.06. The minimum Gasteiger partial charge on any atom is -0.474 e.